The van der Waals surface area contributed by atoms with Crippen molar-refractivity contribution in [2.75, 3.05) is 23.3 Å². The molecule has 1 aliphatic rings. The lowest BCUT2D eigenvalue weighted by Gasteiger charge is -2.30. The van der Waals surface area contributed by atoms with Gasteiger partial charge in [-0.15, -0.1) is 0 Å². The first kappa shape index (κ1) is 18.3. The first-order chi connectivity index (χ1) is 12.4. The summed E-state index contributed by atoms with van der Waals surface area (Å²) in [7, 11) is 0. The summed E-state index contributed by atoms with van der Waals surface area (Å²) in [6.07, 6.45) is -1.06. The molecule has 26 heavy (non-hydrogen) atoms. The zero-order chi connectivity index (χ0) is 18.6. The fourth-order valence-electron chi connectivity index (χ4n) is 3.23. The van der Waals surface area contributed by atoms with Crippen LogP contribution in [-0.2, 0) is 17.4 Å². The molecular formula is C20H21F3N2O. The smallest absolute Gasteiger partial charge is 0.370 e. The molecule has 2 aromatic carbocycles. The van der Waals surface area contributed by atoms with Gasteiger partial charge in [-0.25, -0.2) is 0 Å². The third-order valence-corrected chi connectivity index (χ3v) is 4.49. The summed E-state index contributed by atoms with van der Waals surface area (Å²) in [6, 6.07) is 12.4. The van der Waals surface area contributed by atoms with Crippen LogP contribution in [0.4, 0.5) is 24.5 Å². The highest BCUT2D eigenvalue weighted by Crippen LogP contribution is 2.30. The minimum atomic E-state index is -4.41. The van der Waals surface area contributed by atoms with Crippen LogP contribution in [0.25, 0.3) is 0 Å². The molecule has 0 bridgehead atoms. The number of para-hydroxylation sites is 2. The van der Waals surface area contributed by atoms with Crippen LogP contribution in [-0.4, -0.2) is 19.0 Å². The molecule has 1 fully saturated rings. The molecule has 2 aromatic rings. The quantitative estimate of drug-likeness (QED) is 0.841. The van der Waals surface area contributed by atoms with Gasteiger partial charge in [-0.3, -0.25) is 4.79 Å². The molecule has 1 aliphatic heterocycles. The maximum absolute atomic E-state index is 12.8. The number of nitrogens with zero attached hydrogens (tertiary/aromatic N) is 1. The van der Waals surface area contributed by atoms with Crippen molar-refractivity contribution in [2.45, 2.75) is 31.9 Å². The maximum Gasteiger partial charge on any atom is 0.416 e. The second-order valence-electron chi connectivity index (χ2n) is 6.49. The Hall–Kier alpha value is -2.50. The summed E-state index contributed by atoms with van der Waals surface area (Å²) >= 11 is 0. The zero-order valence-electron chi connectivity index (χ0n) is 14.4. The van der Waals surface area contributed by atoms with E-state index in [9.17, 15) is 18.0 Å². The van der Waals surface area contributed by atoms with E-state index in [1.807, 2.05) is 24.3 Å². The molecular weight excluding hydrogens is 341 g/mol. The van der Waals surface area contributed by atoms with Gasteiger partial charge in [0.2, 0.25) is 5.91 Å². The first-order valence-electron chi connectivity index (χ1n) is 8.73. The van der Waals surface area contributed by atoms with E-state index in [2.05, 4.69) is 10.2 Å². The van der Waals surface area contributed by atoms with Gasteiger partial charge in [0, 0.05) is 13.1 Å². The van der Waals surface area contributed by atoms with E-state index in [1.165, 1.54) is 18.6 Å². The number of carbonyl (C=O) groups is 1. The lowest BCUT2D eigenvalue weighted by molar-refractivity contribution is -0.137. The van der Waals surface area contributed by atoms with Crippen LogP contribution < -0.4 is 10.2 Å². The van der Waals surface area contributed by atoms with E-state index in [1.54, 1.807) is 0 Å². The Kier molecular flexibility index (Phi) is 5.49. The lowest BCUT2D eigenvalue weighted by Crippen LogP contribution is -2.30. The van der Waals surface area contributed by atoms with Gasteiger partial charge in [0.05, 0.1) is 23.4 Å². The number of piperidine rings is 1. The molecule has 3 nitrogen and oxygen atoms in total. The molecule has 1 N–H and O–H groups in total. The average Bonchev–Trinajstić information content (AvgIpc) is 2.62. The topological polar surface area (TPSA) is 32.3 Å². The Morgan fingerprint density at radius 3 is 2.46 bits per heavy atom. The molecule has 3 rings (SSSR count). The summed E-state index contributed by atoms with van der Waals surface area (Å²) in [4.78, 5) is 14.6. The number of carbonyl (C=O) groups excluding carboxylic acids is 1. The van der Waals surface area contributed by atoms with Gasteiger partial charge >= 0.3 is 6.18 Å². The SMILES string of the molecule is O=C(Cc1cccc(C(F)(F)F)c1)Nc1ccccc1N1CCCCC1. The number of hydrogen-bond donors (Lipinski definition) is 1. The Bertz CT molecular complexity index is 768. The third kappa shape index (κ3) is 4.56. The van der Waals surface area contributed by atoms with E-state index in [0.717, 1.165) is 43.8 Å². The minimum Gasteiger partial charge on any atom is -0.370 e. The molecule has 0 saturated carbocycles. The van der Waals surface area contributed by atoms with E-state index in [4.69, 9.17) is 0 Å². The van der Waals surface area contributed by atoms with Gasteiger partial charge in [0.25, 0.3) is 0 Å². The molecule has 0 radical (unpaired) electrons. The molecule has 0 aromatic heterocycles. The highest BCUT2D eigenvalue weighted by atomic mass is 19.4. The van der Waals surface area contributed by atoms with Crippen molar-refractivity contribution in [3.8, 4) is 0 Å². The van der Waals surface area contributed by atoms with Gasteiger partial charge < -0.3 is 10.2 Å². The summed E-state index contributed by atoms with van der Waals surface area (Å²) in [5, 5.41) is 2.85. The summed E-state index contributed by atoms with van der Waals surface area (Å²) in [5.41, 5.74) is 1.26. The standard InChI is InChI=1S/C20H21F3N2O/c21-20(22,23)16-8-6-7-15(13-16)14-19(26)24-17-9-2-3-10-18(17)25-11-4-1-5-12-25/h2-3,6-10,13H,1,4-5,11-12,14H2,(H,24,26). The second-order valence-corrected chi connectivity index (χ2v) is 6.49. The van der Waals surface area contributed by atoms with Crippen molar-refractivity contribution in [3.63, 3.8) is 0 Å². The number of nitrogens with one attached hydrogen (secondary N) is 1. The van der Waals surface area contributed by atoms with Crippen LogP contribution >= 0.6 is 0 Å². The van der Waals surface area contributed by atoms with Crippen LogP contribution in [0, 0.1) is 0 Å². The molecule has 1 amide bonds. The van der Waals surface area contributed by atoms with Gasteiger partial charge in [-0.05, 0) is 43.0 Å². The molecule has 6 heteroatoms. The normalized spacial score (nSPS) is 15.0. The lowest BCUT2D eigenvalue weighted by atomic mass is 10.1. The highest BCUT2D eigenvalue weighted by molar-refractivity contribution is 5.95. The van der Waals surface area contributed by atoms with E-state index < -0.39 is 11.7 Å². The Labute approximate surface area is 150 Å². The monoisotopic (exact) mass is 362 g/mol. The fourth-order valence-corrected chi connectivity index (χ4v) is 3.23. The molecule has 0 aliphatic carbocycles. The number of benzene rings is 2. The van der Waals surface area contributed by atoms with Crippen molar-refractivity contribution in [1.82, 2.24) is 0 Å². The van der Waals surface area contributed by atoms with Crippen LogP contribution in [0.2, 0.25) is 0 Å². The highest BCUT2D eigenvalue weighted by Gasteiger charge is 2.30. The largest absolute Gasteiger partial charge is 0.416 e. The summed E-state index contributed by atoms with van der Waals surface area (Å²) in [5.74, 6) is -0.325. The number of rotatable bonds is 4. The van der Waals surface area contributed by atoms with Crippen molar-refractivity contribution < 1.29 is 18.0 Å². The van der Waals surface area contributed by atoms with E-state index in [-0.39, 0.29) is 12.3 Å². The van der Waals surface area contributed by atoms with Crippen LogP contribution in [0.15, 0.2) is 48.5 Å². The van der Waals surface area contributed by atoms with Gasteiger partial charge in [-0.2, -0.15) is 13.2 Å². The number of amides is 1. The number of hydrogen-bond acceptors (Lipinski definition) is 2. The molecule has 0 spiro atoms. The molecule has 1 saturated heterocycles. The Morgan fingerprint density at radius 2 is 1.73 bits per heavy atom. The molecule has 0 atom stereocenters. The van der Waals surface area contributed by atoms with Crippen molar-refractivity contribution in [1.29, 1.82) is 0 Å². The van der Waals surface area contributed by atoms with E-state index >= 15 is 0 Å². The van der Waals surface area contributed by atoms with Crippen molar-refractivity contribution in [3.05, 3.63) is 59.7 Å². The Morgan fingerprint density at radius 1 is 1.00 bits per heavy atom. The minimum absolute atomic E-state index is 0.0990. The fraction of sp³-hybridized carbons (Fsp3) is 0.350. The molecule has 138 valence electrons. The van der Waals surface area contributed by atoms with Gasteiger partial charge in [-0.1, -0.05) is 30.3 Å². The maximum atomic E-state index is 12.8. The predicted octanol–water partition coefficient (Wildman–Crippen LogP) is 4.88. The van der Waals surface area contributed by atoms with E-state index in [0.29, 0.717) is 11.3 Å². The third-order valence-electron chi connectivity index (χ3n) is 4.49. The number of alkyl halides is 3. The van der Waals surface area contributed by atoms with Crippen LogP contribution in [0.5, 0.6) is 0 Å². The summed E-state index contributed by atoms with van der Waals surface area (Å²) in [6.45, 7) is 1.89. The zero-order valence-corrected chi connectivity index (χ0v) is 14.4. The number of anilines is 2. The average molecular weight is 362 g/mol. The predicted molar refractivity (Wildman–Crippen MR) is 96.3 cm³/mol. The number of halogens is 3. The van der Waals surface area contributed by atoms with Gasteiger partial charge in [0.1, 0.15) is 0 Å². The first-order valence-corrected chi connectivity index (χ1v) is 8.73. The second kappa shape index (κ2) is 7.81. The summed E-state index contributed by atoms with van der Waals surface area (Å²) < 4.78 is 38.4. The molecule has 0 unspecified atom stereocenters. The van der Waals surface area contributed by atoms with Crippen molar-refractivity contribution >= 4 is 17.3 Å². The van der Waals surface area contributed by atoms with Crippen LogP contribution in [0.1, 0.15) is 30.4 Å². The molecule has 1 heterocycles. The van der Waals surface area contributed by atoms with Crippen LogP contribution in [0.3, 0.4) is 0 Å². The van der Waals surface area contributed by atoms with Gasteiger partial charge in [0.15, 0.2) is 0 Å². The Balaban J connectivity index is 1.71. The van der Waals surface area contributed by atoms with Crippen molar-refractivity contribution in [2.24, 2.45) is 0 Å².